The van der Waals surface area contributed by atoms with Crippen LogP contribution < -0.4 is 4.74 Å². The maximum Gasteiger partial charge on any atom is 0.119 e. The molecular weight excluding hydrogens is 224 g/mol. The predicted molar refractivity (Wildman–Crippen MR) is 73.9 cm³/mol. The molecule has 1 aliphatic carbocycles. The van der Waals surface area contributed by atoms with Gasteiger partial charge >= 0.3 is 0 Å². The van der Waals surface area contributed by atoms with E-state index in [0.717, 1.165) is 18.6 Å². The maximum atomic E-state index is 9.95. The molecule has 0 radical (unpaired) electrons. The van der Waals surface area contributed by atoms with Crippen LogP contribution in [-0.2, 0) is 6.42 Å². The van der Waals surface area contributed by atoms with Crippen molar-refractivity contribution in [3.8, 4) is 5.75 Å². The van der Waals surface area contributed by atoms with Crippen LogP contribution in [0.5, 0.6) is 5.75 Å². The molecule has 1 aromatic rings. The topological polar surface area (TPSA) is 29.5 Å². The van der Waals surface area contributed by atoms with Crippen molar-refractivity contribution in [3.05, 3.63) is 29.8 Å². The zero-order valence-corrected chi connectivity index (χ0v) is 11.3. The molecule has 0 heterocycles. The second-order valence-corrected chi connectivity index (χ2v) is 5.35. The minimum atomic E-state index is -0.320. The van der Waals surface area contributed by atoms with E-state index in [9.17, 15) is 5.11 Å². The molecule has 1 unspecified atom stereocenters. The van der Waals surface area contributed by atoms with Crippen LogP contribution in [0.15, 0.2) is 24.3 Å². The third kappa shape index (κ3) is 4.02. The van der Waals surface area contributed by atoms with Gasteiger partial charge in [0.05, 0.1) is 6.10 Å². The molecule has 0 saturated heterocycles. The Morgan fingerprint density at radius 3 is 2.50 bits per heavy atom. The number of aryl methyl sites for hydroxylation is 1. The zero-order chi connectivity index (χ0) is 12.8. The summed E-state index contributed by atoms with van der Waals surface area (Å²) >= 11 is 0. The van der Waals surface area contributed by atoms with Gasteiger partial charge in [0.25, 0.3) is 0 Å². The summed E-state index contributed by atoms with van der Waals surface area (Å²) in [7, 11) is 0. The van der Waals surface area contributed by atoms with Gasteiger partial charge in [-0.25, -0.2) is 0 Å². The fourth-order valence-corrected chi connectivity index (χ4v) is 2.71. The Balaban J connectivity index is 1.72. The lowest BCUT2D eigenvalue weighted by Gasteiger charge is -2.16. The summed E-state index contributed by atoms with van der Waals surface area (Å²) in [6.45, 7) is 2.56. The van der Waals surface area contributed by atoms with E-state index in [1.54, 1.807) is 0 Å². The monoisotopic (exact) mass is 248 g/mol. The minimum Gasteiger partial charge on any atom is -0.491 e. The molecule has 1 aromatic carbocycles. The van der Waals surface area contributed by atoms with Crippen molar-refractivity contribution in [2.24, 2.45) is 5.92 Å². The summed E-state index contributed by atoms with van der Waals surface area (Å²) in [4.78, 5) is 0. The molecule has 1 N–H and O–H groups in total. The standard InChI is InChI=1S/C16H24O2/c1-2-13-7-9-16(10-8-13)18-12-15(17)11-14-5-3-4-6-14/h7-10,14-15,17H,2-6,11-12H2,1H3. The van der Waals surface area contributed by atoms with E-state index in [1.165, 1.54) is 31.2 Å². The Bertz CT molecular complexity index is 339. The molecule has 1 aliphatic rings. The number of aliphatic hydroxyl groups is 1. The van der Waals surface area contributed by atoms with E-state index < -0.39 is 0 Å². The summed E-state index contributed by atoms with van der Waals surface area (Å²) in [6.07, 6.45) is 6.84. The van der Waals surface area contributed by atoms with Gasteiger partial charge in [-0.05, 0) is 36.5 Å². The summed E-state index contributed by atoms with van der Waals surface area (Å²) in [6, 6.07) is 8.14. The van der Waals surface area contributed by atoms with Crippen LogP contribution >= 0.6 is 0 Å². The molecule has 2 heteroatoms. The van der Waals surface area contributed by atoms with Gasteiger partial charge < -0.3 is 9.84 Å². The zero-order valence-electron chi connectivity index (χ0n) is 11.3. The molecule has 0 spiro atoms. The van der Waals surface area contributed by atoms with Crippen molar-refractivity contribution in [1.82, 2.24) is 0 Å². The first-order chi connectivity index (χ1) is 8.78. The van der Waals surface area contributed by atoms with Gasteiger partial charge in [-0.15, -0.1) is 0 Å². The highest BCUT2D eigenvalue weighted by Gasteiger charge is 2.19. The highest BCUT2D eigenvalue weighted by atomic mass is 16.5. The van der Waals surface area contributed by atoms with Crippen LogP contribution in [0.3, 0.4) is 0 Å². The smallest absolute Gasteiger partial charge is 0.119 e. The predicted octanol–water partition coefficient (Wildman–Crippen LogP) is 3.57. The lowest BCUT2D eigenvalue weighted by atomic mass is 10.0. The summed E-state index contributed by atoms with van der Waals surface area (Å²) < 4.78 is 5.63. The van der Waals surface area contributed by atoms with E-state index in [0.29, 0.717) is 12.5 Å². The summed E-state index contributed by atoms with van der Waals surface area (Å²) in [5.74, 6) is 1.57. The highest BCUT2D eigenvalue weighted by molar-refractivity contribution is 5.27. The van der Waals surface area contributed by atoms with Crippen LogP contribution in [0.4, 0.5) is 0 Å². The number of hydrogen-bond acceptors (Lipinski definition) is 2. The van der Waals surface area contributed by atoms with Crippen molar-refractivity contribution in [2.75, 3.05) is 6.61 Å². The van der Waals surface area contributed by atoms with Gasteiger partial charge in [0.15, 0.2) is 0 Å². The molecular formula is C16H24O2. The Morgan fingerprint density at radius 1 is 1.22 bits per heavy atom. The second-order valence-electron chi connectivity index (χ2n) is 5.35. The van der Waals surface area contributed by atoms with Crippen LogP contribution in [0, 0.1) is 5.92 Å². The molecule has 0 aliphatic heterocycles. The number of rotatable bonds is 6. The van der Waals surface area contributed by atoms with E-state index in [4.69, 9.17) is 4.74 Å². The SMILES string of the molecule is CCc1ccc(OCC(O)CC2CCCC2)cc1. The van der Waals surface area contributed by atoms with Crippen LogP contribution in [0.25, 0.3) is 0 Å². The van der Waals surface area contributed by atoms with Gasteiger partial charge in [0.2, 0.25) is 0 Å². The quantitative estimate of drug-likeness (QED) is 0.834. The minimum absolute atomic E-state index is 0.320. The van der Waals surface area contributed by atoms with Crippen LogP contribution in [-0.4, -0.2) is 17.8 Å². The average Bonchev–Trinajstić information content (AvgIpc) is 2.90. The van der Waals surface area contributed by atoms with E-state index in [2.05, 4.69) is 19.1 Å². The van der Waals surface area contributed by atoms with Gasteiger partial charge in [0.1, 0.15) is 12.4 Å². The van der Waals surface area contributed by atoms with E-state index in [-0.39, 0.29) is 6.10 Å². The van der Waals surface area contributed by atoms with Crippen molar-refractivity contribution in [3.63, 3.8) is 0 Å². The van der Waals surface area contributed by atoms with Crippen molar-refractivity contribution in [1.29, 1.82) is 0 Å². The first-order valence-corrected chi connectivity index (χ1v) is 7.17. The molecule has 18 heavy (non-hydrogen) atoms. The number of ether oxygens (including phenoxy) is 1. The Kier molecular flexibility index (Phi) is 5.06. The van der Waals surface area contributed by atoms with Crippen LogP contribution in [0.2, 0.25) is 0 Å². The van der Waals surface area contributed by atoms with Gasteiger partial charge in [0, 0.05) is 0 Å². The molecule has 0 aromatic heterocycles. The van der Waals surface area contributed by atoms with Crippen LogP contribution in [0.1, 0.15) is 44.6 Å². The number of benzene rings is 1. The normalized spacial score (nSPS) is 17.9. The third-order valence-electron chi connectivity index (χ3n) is 3.85. The third-order valence-corrected chi connectivity index (χ3v) is 3.85. The Hall–Kier alpha value is -1.02. The molecule has 0 bridgehead atoms. The lowest BCUT2D eigenvalue weighted by molar-refractivity contribution is 0.0855. The first kappa shape index (κ1) is 13.4. The maximum absolute atomic E-state index is 9.95. The molecule has 2 nitrogen and oxygen atoms in total. The fraction of sp³-hybridized carbons (Fsp3) is 0.625. The van der Waals surface area contributed by atoms with Gasteiger partial charge in [-0.3, -0.25) is 0 Å². The summed E-state index contributed by atoms with van der Waals surface area (Å²) in [5.41, 5.74) is 1.31. The van der Waals surface area contributed by atoms with Crippen molar-refractivity contribution in [2.45, 2.75) is 51.6 Å². The van der Waals surface area contributed by atoms with Gasteiger partial charge in [-0.1, -0.05) is 44.7 Å². The first-order valence-electron chi connectivity index (χ1n) is 7.17. The molecule has 1 atom stereocenters. The van der Waals surface area contributed by atoms with Gasteiger partial charge in [-0.2, -0.15) is 0 Å². The molecule has 0 amide bonds. The number of hydrogen-bond donors (Lipinski definition) is 1. The van der Waals surface area contributed by atoms with Crippen molar-refractivity contribution >= 4 is 0 Å². The molecule has 2 rings (SSSR count). The fourth-order valence-electron chi connectivity index (χ4n) is 2.71. The molecule has 1 saturated carbocycles. The van der Waals surface area contributed by atoms with E-state index >= 15 is 0 Å². The highest BCUT2D eigenvalue weighted by Crippen LogP contribution is 2.28. The van der Waals surface area contributed by atoms with Crippen molar-refractivity contribution < 1.29 is 9.84 Å². The van der Waals surface area contributed by atoms with E-state index in [1.807, 2.05) is 12.1 Å². The molecule has 100 valence electrons. The largest absolute Gasteiger partial charge is 0.491 e. The summed E-state index contributed by atoms with van der Waals surface area (Å²) in [5, 5.41) is 9.95. The Morgan fingerprint density at radius 2 is 1.89 bits per heavy atom. The number of aliphatic hydroxyl groups excluding tert-OH is 1. The Labute approximate surface area is 110 Å². The lowest BCUT2D eigenvalue weighted by Crippen LogP contribution is -2.20. The average molecular weight is 248 g/mol. The second kappa shape index (κ2) is 6.79. The molecule has 1 fully saturated rings.